The fourth-order valence-corrected chi connectivity index (χ4v) is 4.09. The fourth-order valence-electron chi connectivity index (χ4n) is 2.81. The van der Waals surface area contributed by atoms with Gasteiger partial charge in [-0.15, -0.1) is 5.10 Å². The summed E-state index contributed by atoms with van der Waals surface area (Å²) in [5.74, 6) is 3.20. The molecular weight excluding hydrogens is 282 g/mol. The molecule has 112 valence electrons. The quantitative estimate of drug-likeness (QED) is 0.945. The van der Waals surface area contributed by atoms with Gasteiger partial charge in [-0.05, 0) is 40.1 Å². The van der Waals surface area contributed by atoms with E-state index in [4.69, 9.17) is 0 Å². The second-order valence-corrected chi connectivity index (χ2v) is 7.46. The predicted molar refractivity (Wildman–Crippen MR) is 87.4 cm³/mol. The Kier molecular flexibility index (Phi) is 3.89. The summed E-state index contributed by atoms with van der Waals surface area (Å²) in [4.78, 5) is 0. The van der Waals surface area contributed by atoms with Crippen molar-refractivity contribution in [3.05, 3.63) is 24.3 Å². The minimum Gasteiger partial charge on any atom is -0.381 e. The first-order chi connectivity index (χ1) is 10.0. The van der Waals surface area contributed by atoms with E-state index >= 15 is 0 Å². The summed E-state index contributed by atoms with van der Waals surface area (Å²) < 4.78 is 1.69. The maximum atomic E-state index is 4.07. The number of aryl methyl sites for hydroxylation is 1. The highest BCUT2D eigenvalue weighted by molar-refractivity contribution is 7.99. The lowest BCUT2D eigenvalue weighted by Crippen LogP contribution is -2.35. The van der Waals surface area contributed by atoms with Gasteiger partial charge in [0.25, 0.3) is 0 Å². The molecule has 0 spiro atoms. The minimum atomic E-state index is 0.408. The van der Waals surface area contributed by atoms with Crippen molar-refractivity contribution in [2.24, 2.45) is 12.5 Å². The average molecular weight is 303 g/mol. The molecule has 0 radical (unpaired) electrons. The minimum absolute atomic E-state index is 0.408. The van der Waals surface area contributed by atoms with Gasteiger partial charge < -0.3 is 5.32 Å². The molecule has 3 rings (SSSR count). The van der Waals surface area contributed by atoms with Crippen molar-refractivity contribution in [3.8, 4) is 11.4 Å². The summed E-state index contributed by atoms with van der Waals surface area (Å²) in [6.07, 6.45) is 1.20. The van der Waals surface area contributed by atoms with Gasteiger partial charge in [-0.2, -0.15) is 11.8 Å². The first-order valence-electron chi connectivity index (χ1n) is 7.21. The highest BCUT2D eigenvalue weighted by Crippen LogP contribution is 2.35. The van der Waals surface area contributed by atoms with E-state index in [-0.39, 0.29) is 0 Å². The summed E-state index contributed by atoms with van der Waals surface area (Å²) >= 11 is 2.03. The molecule has 1 saturated heterocycles. The van der Waals surface area contributed by atoms with Crippen LogP contribution in [0.3, 0.4) is 0 Å². The van der Waals surface area contributed by atoms with E-state index in [0.717, 1.165) is 17.1 Å². The monoisotopic (exact) mass is 303 g/mol. The molecule has 1 fully saturated rings. The predicted octanol–water partition coefficient (Wildman–Crippen LogP) is 2.82. The largest absolute Gasteiger partial charge is 0.381 e. The number of benzene rings is 1. The van der Waals surface area contributed by atoms with Gasteiger partial charge in [0, 0.05) is 30.1 Å². The van der Waals surface area contributed by atoms with Gasteiger partial charge in [0.2, 0.25) is 0 Å². The number of hydrogen-bond donors (Lipinski definition) is 1. The second-order valence-electron chi connectivity index (χ2n) is 6.43. The highest BCUT2D eigenvalue weighted by Gasteiger charge is 2.28. The number of hydrogen-bond acceptors (Lipinski definition) is 5. The number of rotatable bonds is 3. The third-order valence-electron chi connectivity index (χ3n) is 3.72. The van der Waals surface area contributed by atoms with Crippen molar-refractivity contribution in [2.45, 2.75) is 26.3 Å². The summed E-state index contributed by atoms with van der Waals surface area (Å²) in [5.41, 5.74) is 2.58. The molecule has 0 bridgehead atoms. The van der Waals surface area contributed by atoms with E-state index in [2.05, 4.69) is 46.8 Å². The number of nitrogens with one attached hydrogen (secondary N) is 1. The zero-order valence-electron chi connectivity index (χ0n) is 12.7. The van der Waals surface area contributed by atoms with Crippen LogP contribution in [0.25, 0.3) is 11.4 Å². The Morgan fingerprint density at radius 2 is 2.24 bits per heavy atom. The van der Waals surface area contributed by atoms with Gasteiger partial charge >= 0.3 is 0 Å². The zero-order chi connectivity index (χ0) is 14.9. The van der Waals surface area contributed by atoms with Gasteiger partial charge in [-0.25, -0.2) is 4.68 Å². The van der Waals surface area contributed by atoms with Crippen LogP contribution in [0.4, 0.5) is 5.69 Å². The van der Waals surface area contributed by atoms with Crippen LogP contribution in [-0.4, -0.2) is 37.8 Å². The van der Waals surface area contributed by atoms with E-state index < -0.39 is 0 Å². The van der Waals surface area contributed by atoms with Crippen molar-refractivity contribution in [2.75, 3.05) is 16.8 Å². The maximum Gasteiger partial charge on any atom is 0.181 e. The third kappa shape index (κ3) is 3.37. The molecule has 1 unspecified atom stereocenters. The number of tetrazole rings is 1. The number of aromatic nitrogens is 4. The molecule has 0 saturated carbocycles. The maximum absolute atomic E-state index is 4.07. The summed E-state index contributed by atoms with van der Waals surface area (Å²) in [7, 11) is 1.86. The molecule has 1 N–H and O–H groups in total. The fraction of sp³-hybridized carbons (Fsp3) is 0.533. The average Bonchev–Trinajstić information content (AvgIpc) is 2.84. The molecule has 1 aromatic heterocycles. The van der Waals surface area contributed by atoms with E-state index in [1.165, 1.54) is 17.9 Å². The Balaban J connectivity index is 1.76. The van der Waals surface area contributed by atoms with E-state index in [0.29, 0.717) is 11.5 Å². The van der Waals surface area contributed by atoms with E-state index in [1.54, 1.807) is 4.68 Å². The molecule has 1 aromatic carbocycles. The van der Waals surface area contributed by atoms with Crippen LogP contribution in [0.2, 0.25) is 0 Å². The third-order valence-corrected chi connectivity index (χ3v) is 5.35. The standard InChI is InChI=1S/C15H21N5S/c1-15(2)8-13(9-21-10-15)16-12-6-4-5-11(7-12)14-17-18-19-20(14)3/h4-7,13,16H,8-10H2,1-3H3. The van der Waals surface area contributed by atoms with Crippen molar-refractivity contribution < 1.29 is 0 Å². The van der Waals surface area contributed by atoms with Gasteiger partial charge in [-0.1, -0.05) is 26.0 Å². The van der Waals surface area contributed by atoms with E-state index in [9.17, 15) is 0 Å². The zero-order valence-corrected chi connectivity index (χ0v) is 13.5. The molecule has 1 atom stereocenters. The molecular formula is C15H21N5S. The summed E-state index contributed by atoms with van der Waals surface area (Å²) in [6.45, 7) is 4.69. The lowest BCUT2D eigenvalue weighted by molar-refractivity contribution is 0.358. The van der Waals surface area contributed by atoms with Crippen LogP contribution < -0.4 is 5.32 Å². The first kappa shape index (κ1) is 14.4. The van der Waals surface area contributed by atoms with Crippen LogP contribution in [0.5, 0.6) is 0 Å². The van der Waals surface area contributed by atoms with Crippen LogP contribution in [0, 0.1) is 5.41 Å². The first-order valence-corrected chi connectivity index (χ1v) is 8.36. The molecule has 5 nitrogen and oxygen atoms in total. The lowest BCUT2D eigenvalue weighted by atomic mass is 9.88. The second kappa shape index (κ2) is 5.67. The number of thioether (sulfide) groups is 1. The van der Waals surface area contributed by atoms with Crippen molar-refractivity contribution in [3.63, 3.8) is 0 Å². The van der Waals surface area contributed by atoms with Crippen molar-refractivity contribution in [1.29, 1.82) is 0 Å². The normalized spacial score (nSPS) is 21.2. The van der Waals surface area contributed by atoms with Gasteiger partial charge in [0.15, 0.2) is 5.82 Å². The molecule has 2 heterocycles. The summed E-state index contributed by atoms with van der Waals surface area (Å²) in [6, 6.07) is 8.84. The van der Waals surface area contributed by atoms with Gasteiger partial charge in [-0.3, -0.25) is 0 Å². The highest BCUT2D eigenvalue weighted by atomic mass is 32.2. The Labute approximate surface area is 129 Å². The Morgan fingerprint density at radius 1 is 1.38 bits per heavy atom. The summed E-state index contributed by atoms with van der Waals surface area (Å²) in [5, 5.41) is 15.3. The van der Waals surface area contributed by atoms with Crippen molar-refractivity contribution >= 4 is 17.4 Å². The molecule has 0 amide bonds. The van der Waals surface area contributed by atoms with Gasteiger partial charge in [0.1, 0.15) is 0 Å². The Hall–Kier alpha value is -1.56. The van der Waals surface area contributed by atoms with Crippen molar-refractivity contribution in [1.82, 2.24) is 20.2 Å². The molecule has 21 heavy (non-hydrogen) atoms. The van der Waals surface area contributed by atoms with Crippen LogP contribution in [-0.2, 0) is 7.05 Å². The molecule has 0 aliphatic carbocycles. The van der Waals surface area contributed by atoms with Crippen LogP contribution in [0.1, 0.15) is 20.3 Å². The number of anilines is 1. The Morgan fingerprint density at radius 3 is 2.95 bits per heavy atom. The topological polar surface area (TPSA) is 55.6 Å². The van der Waals surface area contributed by atoms with Crippen LogP contribution >= 0.6 is 11.8 Å². The van der Waals surface area contributed by atoms with Gasteiger partial charge in [0.05, 0.1) is 0 Å². The smallest absolute Gasteiger partial charge is 0.181 e. The number of nitrogens with zero attached hydrogens (tertiary/aromatic N) is 4. The molecule has 1 aliphatic rings. The van der Waals surface area contributed by atoms with Crippen LogP contribution in [0.15, 0.2) is 24.3 Å². The Bertz CT molecular complexity index is 622. The lowest BCUT2D eigenvalue weighted by Gasteiger charge is -2.35. The SMILES string of the molecule is Cn1nnnc1-c1cccc(NC2CSCC(C)(C)C2)c1. The van der Waals surface area contributed by atoms with E-state index in [1.807, 2.05) is 30.9 Å². The molecule has 2 aromatic rings. The molecule has 6 heteroatoms. The molecule has 1 aliphatic heterocycles.